The van der Waals surface area contributed by atoms with Crippen LogP contribution >= 0.6 is 0 Å². The summed E-state index contributed by atoms with van der Waals surface area (Å²) in [5.41, 5.74) is 0.510. The summed E-state index contributed by atoms with van der Waals surface area (Å²) in [6.07, 6.45) is 4.05. The molecule has 1 fully saturated rings. The van der Waals surface area contributed by atoms with E-state index in [9.17, 15) is 14.4 Å². The maximum Gasteiger partial charge on any atom is 0.261 e. The molecule has 2 N–H and O–H groups in total. The standard InChI is InChI=1S/C18H24N2O4/c1-18(2)9-14-12(15(21)10-18)8-13(17(23)20-14)16(22)19-6-5-11-4-3-7-24-11/h8,11H,3-7,9-10H2,1-2H3,(H,19,22)(H,20,23). The minimum absolute atomic E-state index is 0.00847. The second-order valence-corrected chi connectivity index (χ2v) is 7.52. The summed E-state index contributed by atoms with van der Waals surface area (Å²) in [7, 11) is 0. The lowest BCUT2D eigenvalue weighted by Gasteiger charge is -2.29. The first kappa shape index (κ1) is 16.9. The molecule has 1 amide bonds. The zero-order chi connectivity index (χ0) is 17.3. The predicted molar refractivity (Wildman–Crippen MR) is 89.4 cm³/mol. The molecule has 1 aromatic heterocycles. The number of nitrogens with one attached hydrogen (secondary N) is 2. The molecule has 0 saturated carbocycles. The van der Waals surface area contributed by atoms with Gasteiger partial charge < -0.3 is 15.0 Å². The Kier molecular flexibility index (Phi) is 4.58. The number of aromatic nitrogens is 1. The lowest BCUT2D eigenvalue weighted by Crippen LogP contribution is -2.35. The van der Waals surface area contributed by atoms with E-state index in [0.29, 0.717) is 30.6 Å². The van der Waals surface area contributed by atoms with Gasteiger partial charge in [0.25, 0.3) is 11.5 Å². The van der Waals surface area contributed by atoms with Crippen LogP contribution in [0.1, 0.15) is 65.9 Å². The van der Waals surface area contributed by atoms with Crippen molar-refractivity contribution in [1.29, 1.82) is 0 Å². The van der Waals surface area contributed by atoms with Gasteiger partial charge in [0.1, 0.15) is 5.56 Å². The van der Waals surface area contributed by atoms with Crippen LogP contribution < -0.4 is 10.9 Å². The summed E-state index contributed by atoms with van der Waals surface area (Å²) in [6, 6.07) is 1.45. The topological polar surface area (TPSA) is 88.3 Å². The fourth-order valence-electron chi connectivity index (χ4n) is 3.51. The van der Waals surface area contributed by atoms with E-state index in [0.717, 1.165) is 25.9 Å². The minimum atomic E-state index is -0.436. The van der Waals surface area contributed by atoms with Crippen LogP contribution in [0.4, 0.5) is 0 Å². The number of carbonyl (C=O) groups is 2. The number of carbonyl (C=O) groups excluding carboxylic acids is 2. The molecule has 0 radical (unpaired) electrons. The molecule has 0 bridgehead atoms. The van der Waals surface area contributed by atoms with Crippen LogP contribution in [0.15, 0.2) is 10.9 Å². The van der Waals surface area contributed by atoms with Gasteiger partial charge in [-0.2, -0.15) is 0 Å². The molecule has 1 unspecified atom stereocenters. The zero-order valence-electron chi connectivity index (χ0n) is 14.2. The number of amides is 1. The molecular formula is C18H24N2O4. The highest BCUT2D eigenvalue weighted by Gasteiger charge is 2.32. The van der Waals surface area contributed by atoms with Gasteiger partial charge in [0.05, 0.1) is 6.10 Å². The number of ether oxygens (including phenoxy) is 1. The lowest BCUT2D eigenvalue weighted by atomic mass is 9.75. The summed E-state index contributed by atoms with van der Waals surface area (Å²) in [5, 5.41) is 2.75. The first-order valence-electron chi connectivity index (χ1n) is 8.55. The molecule has 1 aromatic rings. The van der Waals surface area contributed by atoms with Gasteiger partial charge in [-0.3, -0.25) is 14.4 Å². The van der Waals surface area contributed by atoms with E-state index in [2.05, 4.69) is 10.3 Å². The van der Waals surface area contributed by atoms with Gasteiger partial charge in [-0.1, -0.05) is 13.8 Å². The lowest BCUT2D eigenvalue weighted by molar-refractivity contribution is 0.0906. The second-order valence-electron chi connectivity index (χ2n) is 7.52. The van der Waals surface area contributed by atoms with E-state index in [1.807, 2.05) is 13.8 Å². The molecular weight excluding hydrogens is 308 g/mol. The number of H-pyrrole nitrogens is 1. The summed E-state index contributed by atoms with van der Waals surface area (Å²) in [5.74, 6) is -0.458. The maximum absolute atomic E-state index is 12.3. The zero-order valence-corrected chi connectivity index (χ0v) is 14.2. The van der Waals surface area contributed by atoms with Crippen molar-refractivity contribution in [1.82, 2.24) is 10.3 Å². The van der Waals surface area contributed by atoms with E-state index in [1.54, 1.807) is 0 Å². The molecule has 6 heteroatoms. The van der Waals surface area contributed by atoms with E-state index < -0.39 is 11.5 Å². The van der Waals surface area contributed by atoms with Gasteiger partial charge in [0.2, 0.25) is 0 Å². The molecule has 0 spiro atoms. The fourth-order valence-corrected chi connectivity index (χ4v) is 3.51. The first-order valence-corrected chi connectivity index (χ1v) is 8.55. The summed E-state index contributed by atoms with van der Waals surface area (Å²) in [6.45, 7) is 5.23. The Morgan fingerprint density at radius 3 is 2.88 bits per heavy atom. The number of pyridine rings is 1. The number of hydrogen-bond donors (Lipinski definition) is 2. The molecule has 130 valence electrons. The van der Waals surface area contributed by atoms with Crippen molar-refractivity contribution in [2.45, 2.75) is 52.1 Å². The Hall–Kier alpha value is -1.95. The highest BCUT2D eigenvalue weighted by molar-refractivity contribution is 6.02. The Balaban J connectivity index is 1.72. The molecule has 0 aromatic carbocycles. The molecule has 24 heavy (non-hydrogen) atoms. The monoisotopic (exact) mass is 332 g/mol. The predicted octanol–water partition coefficient (Wildman–Crippen LogP) is 1.83. The molecule has 1 aliphatic heterocycles. The third kappa shape index (κ3) is 3.59. The molecule has 2 aliphatic rings. The van der Waals surface area contributed by atoms with Crippen molar-refractivity contribution < 1.29 is 14.3 Å². The average Bonchev–Trinajstić information content (AvgIpc) is 2.98. The minimum Gasteiger partial charge on any atom is -0.378 e. The summed E-state index contributed by atoms with van der Waals surface area (Å²) in [4.78, 5) is 39.5. The molecule has 1 saturated heterocycles. The Labute approximate surface area is 141 Å². The number of rotatable bonds is 4. The van der Waals surface area contributed by atoms with Crippen molar-refractivity contribution in [3.05, 3.63) is 33.2 Å². The number of hydrogen-bond acceptors (Lipinski definition) is 4. The highest BCUT2D eigenvalue weighted by atomic mass is 16.5. The van der Waals surface area contributed by atoms with Crippen molar-refractivity contribution in [2.24, 2.45) is 5.41 Å². The van der Waals surface area contributed by atoms with Gasteiger partial charge in [0, 0.05) is 30.8 Å². The van der Waals surface area contributed by atoms with Crippen molar-refractivity contribution in [3.8, 4) is 0 Å². The maximum atomic E-state index is 12.3. The van der Waals surface area contributed by atoms with Crippen LogP contribution in [0.25, 0.3) is 0 Å². The normalized spacial score (nSPS) is 22.2. The molecule has 1 atom stereocenters. The Morgan fingerprint density at radius 2 is 2.17 bits per heavy atom. The SMILES string of the molecule is CC1(C)CC(=O)c2cc(C(=O)NCCC3CCCO3)c(=O)[nH]c2C1. The highest BCUT2D eigenvalue weighted by Crippen LogP contribution is 2.33. The van der Waals surface area contributed by atoms with Crippen molar-refractivity contribution in [2.75, 3.05) is 13.2 Å². The summed E-state index contributed by atoms with van der Waals surface area (Å²) >= 11 is 0. The molecule has 6 nitrogen and oxygen atoms in total. The van der Waals surface area contributed by atoms with Gasteiger partial charge >= 0.3 is 0 Å². The van der Waals surface area contributed by atoms with E-state index in [1.165, 1.54) is 6.07 Å². The average molecular weight is 332 g/mol. The molecule has 2 heterocycles. The Morgan fingerprint density at radius 1 is 1.38 bits per heavy atom. The fraction of sp³-hybridized carbons (Fsp3) is 0.611. The third-order valence-corrected chi connectivity index (χ3v) is 4.74. The Bertz CT molecular complexity index is 714. The smallest absolute Gasteiger partial charge is 0.261 e. The largest absolute Gasteiger partial charge is 0.378 e. The quantitative estimate of drug-likeness (QED) is 0.880. The van der Waals surface area contributed by atoms with Crippen molar-refractivity contribution >= 4 is 11.7 Å². The number of aromatic amines is 1. The van der Waals surface area contributed by atoms with Crippen LogP contribution in [-0.4, -0.2) is 35.9 Å². The molecule has 3 rings (SSSR count). The van der Waals surface area contributed by atoms with Crippen LogP contribution in [0, 0.1) is 5.41 Å². The number of Topliss-reactive ketones (excluding diaryl/α,β-unsaturated/α-hetero) is 1. The van der Waals surface area contributed by atoms with Gasteiger partial charge in [-0.05, 0) is 37.2 Å². The van der Waals surface area contributed by atoms with Crippen LogP contribution in [0.3, 0.4) is 0 Å². The number of ketones is 1. The van der Waals surface area contributed by atoms with Crippen molar-refractivity contribution in [3.63, 3.8) is 0 Å². The van der Waals surface area contributed by atoms with E-state index in [4.69, 9.17) is 4.74 Å². The van der Waals surface area contributed by atoms with E-state index in [-0.39, 0.29) is 22.9 Å². The van der Waals surface area contributed by atoms with Crippen LogP contribution in [0.2, 0.25) is 0 Å². The summed E-state index contributed by atoms with van der Waals surface area (Å²) < 4.78 is 5.51. The van der Waals surface area contributed by atoms with E-state index >= 15 is 0 Å². The number of fused-ring (bicyclic) bond motifs is 1. The van der Waals surface area contributed by atoms with Gasteiger partial charge in [0.15, 0.2) is 5.78 Å². The first-order chi connectivity index (χ1) is 11.4. The van der Waals surface area contributed by atoms with Crippen LogP contribution in [0.5, 0.6) is 0 Å². The van der Waals surface area contributed by atoms with Crippen LogP contribution in [-0.2, 0) is 11.2 Å². The van der Waals surface area contributed by atoms with Gasteiger partial charge in [-0.25, -0.2) is 0 Å². The van der Waals surface area contributed by atoms with Gasteiger partial charge in [-0.15, -0.1) is 0 Å². The third-order valence-electron chi connectivity index (χ3n) is 4.74. The molecule has 1 aliphatic carbocycles. The second kappa shape index (κ2) is 6.51.